The highest BCUT2D eigenvalue weighted by molar-refractivity contribution is 7.07. The molecule has 1 aromatic carbocycles. The van der Waals surface area contributed by atoms with Gasteiger partial charge < -0.3 is 4.57 Å². The van der Waals surface area contributed by atoms with Crippen LogP contribution >= 0.6 is 11.3 Å². The van der Waals surface area contributed by atoms with Crippen LogP contribution in [0.4, 0.5) is 0 Å². The van der Waals surface area contributed by atoms with Gasteiger partial charge in [-0.3, -0.25) is 19.3 Å². The summed E-state index contributed by atoms with van der Waals surface area (Å²) in [5.74, 6) is -1.19. The lowest BCUT2D eigenvalue weighted by Gasteiger charge is -2.02. The Morgan fingerprint density at radius 1 is 1.14 bits per heavy atom. The van der Waals surface area contributed by atoms with Crippen LogP contribution in [0.2, 0.25) is 0 Å². The number of amides is 3. The van der Waals surface area contributed by atoms with Crippen molar-refractivity contribution in [3.63, 3.8) is 0 Å². The van der Waals surface area contributed by atoms with Crippen LogP contribution < -0.4 is 4.80 Å². The lowest BCUT2D eigenvalue weighted by atomic mass is 10.1. The van der Waals surface area contributed by atoms with Crippen LogP contribution in [0.3, 0.4) is 0 Å². The molecular weight excluding hydrogens is 290 g/mol. The van der Waals surface area contributed by atoms with E-state index in [2.05, 4.69) is 4.99 Å². The van der Waals surface area contributed by atoms with E-state index in [4.69, 9.17) is 0 Å². The number of aryl methyl sites for hydroxylation is 1. The Labute approximate surface area is 124 Å². The molecule has 0 fully saturated rings. The van der Waals surface area contributed by atoms with Crippen LogP contribution in [0.15, 0.2) is 34.8 Å². The van der Waals surface area contributed by atoms with Crippen LogP contribution in [0, 0.1) is 0 Å². The van der Waals surface area contributed by atoms with Gasteiger partial charge in [-0.2, -0.15) is 4.99 Å². The molecule has 1 aliphatic rings. The first-order valence-corrected chi connectivity index (χ1v) is 7.02. The van der Waals surface area contributed by atoms with E-state index in [0.29, 0.717) is 15.9 Å². The monoisotopic (exact) mass is 301 g/mol. The molecule has 106 valence electrons. The zero-order chi connectivity index (χ0) is 15.1. The lowest BCUT2D eigenvalue weighted by Crippen LogP contribution is -2.24. The molecule has 0 atom stereocenters. The number of nitrogens with zero attached hydrogens (tertiary/aromatic N) is 3. The molecule has 0 aliphatic carbocycles. The number of fused-ring (bicyclic) bond motifs is 1. The molecule has 1 aromatic heterocycles. The quantitative estimate of drug-likeness (QED) is 0.739. The first-order chi connectivity index (χ1) is 9.99. The molecule has 0 bridgehead atoms. The number of imide groups is 1. The molecule has 2 heterocycles. The third-order valence-corrected chi connectivity index (χ3v) is 4.14. The summed E-state index contributed by atoms with van der Waals surface area (Å²) in [6.45, 7) is 0. The maximum Gasteiger partial charge on any atom is 0.279 e. The van der Waals surface area contributed by atoms with Gasteiger partial charge in [0.1, 0.15) is 0 Å². The predicted octanol–water partition coefficient (Wildman–Crippen LogP) is 1.05. The normalized spacial score (nSPS) is 14.8. The maximum atomic E-state index is 12.2. The zero-order valence-corrected chi connectivity index (χ0v) is 12.2. The van der Waals surface area contributed by atoms with Crippen LogP contribution in [-0.2, 0) is 7.05 Å². The third-order valence-electron chi connectivity index (χ3n) is 3.29. The van der Waals surface area contributed by atoms with E-state index >= 15 is 0 Å². The first-order valence-electron chi connectivity index (χ1n) is 6.14. The summed E-state index contributed by atoms with van der Waals surface area (Å²) in [7, 11) is 3.21. The highest BCUT2D eigenvalue weighted by Gasteiger charge is 2.33. The predicted molar refractivity (Wildman–Crippen MR) is 76.0 cm³/mol. The Morgan fingerprint density at radius 2 is 1.86 bits per heavy atom. The van der Waals surface area contributed by atoms with Crippen molar-refractivity contribution >= 4 is 29.1 Å². The van der Waals surface area contributed by atoms with Crippen molar-refractivity contribution in [2.24, 2.45) is 12.0 Å². The Bertz CT molecular complexity index is 847. The number of hydrogen-bond donors (Lipinski definition) is 0. The highest BCUT2D eigenvalue weighted by Crippen LogP contribution is 2.22. The van der Waals surface area contributed by atoms with Crippen molar-refractivity contribution in [1.82, 2.24) is 9.47 Å². The second-order valence-electron chi connectivity index (χ2n) is 4.64. The topological polar surface area (TPSA) is 71.7 Å². The fourth-order valence-electron chi connectivity index (χ4n) is 2.08. The van der Waals surface area contributed by atoms with Crippen molar-refractivity contribution in [2.45, 2.75) is 0 Å². The van der Waals surface area contributed by atoms with Crippen molar-refractivity contribution in [1.29, 1.82) is 0 Å². The molecule has 0 unspecified atom stereocenters. The molecule has 0 radical (unpaired) electrons. The number of carbonyl (C=O) groups excluding carboxylic acids is 3. The number of thiazole rings is 1. The summed E-state index contributed by atoms with van der Waals surface area (Å²) in [5.41, 5.74) is 0.860. The van der Waals surface area contributed by atoms with Gasteiger partial charge in [0.2, 0.25) is 0 Å². The van der Waals surface area contributed by atoms with Crippen LogP contribution in [0.25, 0.3) is 0 Å². The van der Waals surface area contributed by atoms with Crippen LogP contribution in [-0.4, -0.2) is 34.2 Å². The lowest BCUT2D eigenvalue weighted by molar-refractivity contribution is 0.0693. The van der Waals surface area contributed by atoms with E-state index in [9.17, 15) is 14.4 Å². The number of hydrogen-bond acceptors (Lipinski definition) is 4. The minimum Gasteiger partial charge on any atom is -0.327 e. The number of benzene rings is 1. The average Bonchev–Trinajstić information content (AvgIpc) is 2.97. The van der Waals surface area contributed by atoms with E-state index < -0.39 is 11.8 Å². The Morgan fingerprint density at radius 3 is 2.52 bits per heavy atom. The standard InChI is InChI=1S/C14H11N3O3S/c1-16-5-6-21-14(16)15-11(18)8-3-4-9-10(7-8)13(20)17(2)12(9)19/h3-7H,1-2H3. The van der Waals surface area contributed by atoms with E-state index in [-0.39, 0.29) is 11.5 Å². The second kappa shape index (κ2) is 4.78. The molecule has 0 saturated heterocycles. The molecular formula is C14H11N3O3S. The van der Waals surface area contributed by atoms with Gasteiger partial charge in [0, 0.05) is 31.2 Å². The highest BCUT2D eigenvalue weighted by atomic mass is 32.1. The Kier molecular flexibility index (Phi) is 3.06. The fraction of sp³-hybridized carbons (Fsp3) is 0.143. The molecule has 1 aliphatic heterocycles. The summed E-state index contributed by atoms with van der Waals surface area (Å²) in [6, 6.07) is 4.44. The second-order valence-corrected chi connectivity index (χ2v) is 5.52. The van der Waals surface area contributed by atoms with Crippen molar-refractivity contribution in [3.05, 3.63) is 51.3 Å². The van der Waals surface area contributed by atoms with Gasteiger partial charge >= 0.3 is 0 Å². The first kappa shape index (κ1) is 13.4. The summed E-state index contributed by atoms with van der Waals surface area (Å²) in [6.07, 6.45) is 1.80. The van der Waals surface area contributed by atoms with Crippen molar-refractivity contribution in [2.75, 3.05) is 7.05 Å². The van der Waals surface area contributed by atoms with Gasteiger partial charge in [0.15, 0.2) is 4.80 Å². The van der Waals surface area contributed by atoms with E-state index in [0.717, 1.165) is 4.90 Å². The maximum absolute atomic E-state index is 12.2. The smallest absolute Gasteiger partial charge is 0.279 e. The number of carbonyl (C=O) groups is 3. The van der Waals surface area contributed by atoms with E-state index in [1.165, 1.54) is 36.6 Å². The Balaban J connectivity index is 2.03. The molecule has 0 N–H and O–H groups in total. The third kappa shape index (κ3) is 2.11. The van der Waals surface area contributed by atoms with Crippen molar-refractivity contribution < 1.29 is 14.4 Å². The van der Waals surface area contributed by atoms with Gasteiger partial charge in [0.25, 0.3) is 17.7 Å². The van der Waals surface area contributed by atoms with Crippen molar-refractivity contribution in [3.8, 4) is 0 Å². The molecule has 3 rings (SSSR count). The van der Waals surface area contributed by atoms with Gasteiger partial charge in [-0.15, -0.1) is 11.3 Å². The molecule has 0 saturated carbocycles. The molecule has 6 nitrogen and oxygen atoms in total. The molecule has 2 aromatic rings. The summed E-state index contributed by atoms with van der Waals surface area (Å²) in [5, 5.41) is 1.83. The average molecular weight is 301 g/mol. The van der Waals surface area contributed by atoms with Gasteiger partial charge in [-0.25, -0.2) is 0 Å². The van der Waals surface area contributed by atoms with Gasteiger partial charge in [-0.1, -0.05) is 0 Å². The molecule has 0 spiro atoms. The summed E-state index contributed by atoms with van der Waals surface area (Å²) >= 11 is 1.35. The molecule has 21 heavy (non-hydrogen) atoms. The van der Waals surface area contributed by atoms with E-state index in [1.54, 1.807) is 17.8 Å². The fourth-order valence-corrected chi connectivity index (χ4v) is 2.81. The van der Waals surface area contributed by atoms with E-state index in [1.807, 2.05) is 5.38 Å². The minimum atomic E-state index is -0.439. The zero-order valence-electron chi connectivity index (χ0n) is 11.4. The summed E-state index contributed by atoms with van der Waals surface area (Å²) in [4.78, 5) is 41.5. The molecule has 3 amide bonds. The Hall–Kier alpha value is -2.54. The molecule has 7 heteroatoms. The largest absolute Gasteiger partial charge is 0.327 e. The van der Waals surface area contributed by atoms with Gasteiger partial charge in [0.05, 0.1) is 11.1 Å². The minimum absolute atomic E-state index is 0.249. The van der Waals surface area contributed by atoms with Crippen LogP contribution in [0.5, 0.6) is 0 Å². The number of rotatable bonds is 1. The van der Waals surface area contributed by atoms with Gasteiger partial charge in [-0.05, 0) is 18.2 Å². The summed E-state index contributed by atoms with van der Waals surface area (Å²) < 4.78 is 1.73. The van der Waals surface area contributed by atoms with Crippen LogP contribution in [0.1, 0.15) is 31.1 Å². The number of aromatic nitrogens is 1. The SMILES string of the molecule is CN1C(=O)c2ccc(C(=O)N=c3sccn3C)cc2C1=O.